The average Bonchev–Trinajstić information content (AvgIpc) is 3.31. The molecule has 11 heteroatoms. The Morgan fingerprint density at radius 2 is 2.10 bits per heavy atom. The van der Waals surface area contributed by atoms with Gasteiger partial charge in [-0.15, -0.1) is 28.1 Å². The predicted octanol–water partition coefficient (Wildman–Crippen LogP) is 4.05. The van der Waals surface area contributed by atoms with E-state index in [0.717, 1.165) is 47.5 Å². The number of fused-ring (bicyclic) bond motifs is 4. The van der Waals surface area contributed by atoms with Gasteiger partial charge in [0.1, 0.15) is 9.86 Å². The van der Waals surface area contributed by atoms with Crippen molar-refractivity contribution < 1.29 is 8.78 Å². The van der Waals surface area contributed by atoms with Crippen molar-refractivity contribution in [1.29, 1.82) is 0 Å². The van der Waals surface area contributed by atoms with E-state index in [-0.39, 0.29) is 11.2 Å². The Hall–Kier alpha value is -2.66. The third-order valence-electron chi connectivity index (χ3n) is 5.01. The first-order valence-corrected chi connectivity index (χ1v) is 11.0. The normalized spacial score (nSPS) is 14.0. The maximum atomic E-state index is 13.3. The van der Waals surface area contributed by atoms with Crippen LogP contribution in [0.15, 0.2) is 39.8 Å². The van der Waals surface area contributed by atoms with Gasteiger partial charge in [-0.2, -0.15) is 9.61 Å². The zero-order valence-corrected chi connectivity index (χ0v) is 17.3. The van der Waals surface area contributed by atoms with Gasteiger partial charge in [0, 0.05) is 11.4 Å². The topological polar surface area (TPSA) is 78.0 Å². The number of aryl methyl sites for hydroxylation is 2. The van der Waals surface area contributed by atoms with Crippen molar-refractivity contribution >= 4 is 39.0 Å². The van der Waals surface area contributed by atoms with E-state index in [9.17, 15) is 13.6 Å². The smallest absolute Gasteiger partial charge is 0.283 e. The molecule has 0 fully saturated rings. The lowest BCUT2D eigenvalue weighted by atomic mass is 9.97. The first-order chi connectivity index (χ1) is 14.6. The van der Waals surface area contributed by atoms with Crippen LogP contribution in [0, 0.1) is 0 Å². The number of hydrogen-bond acceptors (Lipinski definition) is 7. The molecule has 0 amide bonds. The van der Waals surface area contributed by atoms with Gasteiger partial charge >= 0.3 is 0 Å². The fourth-order valence-electron chi connectivity index (χ4n) is 3.66. The van der Waals surface area contributed by atoms with E-state index in [0.29, 0.717) is 26.9 Å². The zero-order chi connectivity index (χ0) is 20.8. The number of thiophene rings is 1. The van der Waals surface area contributed by atoms with E-state index in [2.05, 4.69) is 21.9 Å². The minimum absolute atomic E-state index is 0.0968. The highest BCUT2D eigenvalue weighted by molar-refractivity contribution is 7.99. The highest BCUT2D eigenvalue weighted by Crippen LogP contribution is 2.35. The number of allylic oxidation sites excluding steroid dienone is 1. The van der Waals surface area contributed by atoms with Gasteiger partial charge in [-0.1, -0.05) is 6.08 Å². The fourth-order valence-corrected chi connectivity index (χ4v) is 5.82. The van der Waals surface area contributed by atoms with Gasteiger partial charge < -0.3 is 0 Å². The molecule has 0 aliphatic heterocycles. The molecule has 1 aliphatic rings. The molecule has 154 valence electrons. The summed E-state index contributed by atoms with van der Waals surface area (Å²) in [6, 6.07) is 3.21. The molecule has 0 saturated heterocycles. The number of nitrogens with zero attached hydrogens (tertiary/aromatic N) is 6. The molecule has 4 aromatic heterocycles. The standard InChI is InChI=1S/C19H16F2N6OS2/c1-2-9-26-18(28)14-10-5-3-4-6-11(10)29-17(14)22-19(26)30-13-8-7-12-23-24-16(15(20)21)27(12)25-13/h2,7-8,15H,1,3-6,9H2. The minimum Gasteiger partial charge on any atom is -0.283 e. The van der Waals surface area contributed by atoms with Crippen molar-refractivity contribution in [3.63, 3.8) is 0 Å². The molecule has 0 saturated carbocycles. The molecule has 30 heavy (non-hydrogen) atoms. The van der Waals surface area contributed by atoms with Crippen molar-refractivity contribution in [2.75, 3.05) is 0 Å². The molecule has 1 aliphatic carbocycles. The summed E-state index contributed by atoms with van der Waals surface area (Å²) in [5, 5.41) is 13.0. The lowest BCUT2D eigenvalue weighted by molar-refractivity contribution is 0.137. The van der Waals surface area contributed by atoms with Crippen molar-refractivity contribution in [3.05, 3.63) is 51.4 Å². The molecule has 0 atom stereocenters. The first-order valence-electron chi connectivity index (χ1n) is 9.41. The Bertz CT molecular complexity index is 1340. The summed E-state index contributed by atoms with van der Waals surface area (Å²) >= 11 is 2.71. The summed E-state index contributed by atoms with van der Waals surface area (Å²) in [6.07, 6.45) is 2.92. The summed E-state index contributed by atoms with van der Waals surface area (Å²) in [7, 11) is 0. The molecule has 4 aromatic rings. The predicted molar refractivity (Wildman–Crippen MR) is 111 cm³/mol. The Morgan fingerprint density at radius 1 is 1.27 bits per heavy atom. The van der Waals surface area contributed by atoms with Crippen LogP contribution in [-0.2, 0) is 19.4 Å². The third kappa shape index (κ3) is 3.12. The summed E-state index contributed by atoms with van der Waals surface area (Å²) in [5.74, 6) is -0.523. The second-order valence-corrected chi connectivity index (χ2v) is 8.96. The summed E-state index contributed by atoms with van der Waals surface area (Å²) in [6.45, 7) is 4.05. The highest BCUT2D eigenvalue weighted by atomic mass is 32.2. The van der Waals surface area contributed by atoms with Crippen LogP contribution in [0.3, 0.4) is 0 Å². The van der Waals surface area contributed by atoms with Crippen LogP contribution < -0.4 is 5.56 Å². The Balaban J connectivity index is 1.64. The molecule has 0 radical (unpaired) electrons. The monoisotopic (exact) mass is 446 g/mol. The average molecular weight is 447 g/mol. The lowest BCUT2D eigenvalue weighted by Crippen LogP contribution is -2.23. The maximum Gasteiger partial charge on any atom is 0.299 e. The number of halogens is 2. The molecular formula is C19H16F2N6OS2. The number of alkyl halides is 2. The molecule has 0 spiro atoms. The molecule has 0 N–H and O–H groups in total. The number of rotatable bonds is 5. The minimum atomic E-state index is -2.79. The highest BCUT2D eigenvalue weighted by Gasteiger charge is 2.23. The van der Waals surface area contributed by atoms with Crippen LogP contribution in [0.25, 0.3) is 15.9 Å². The first kappa shape index (κ1) is 19.3. The van der Waals surface area contributed by atoms with E-state index < -0.39 is 12.2 Å². The van der Waals surface area contributed by atoms with Gasteiger partial charge in [-0.25, -0.2) is 13.8 Å². The van der Waals surface area contributed by atoms with E-state index in [1.54, 1.807) is 34.1 Å². The van der Waals surface area contributed by atoms with Gasteiger partial charge in [0.25, 0.3) is 12.0 Å². The van der Waals surface area contributed by atoms with Gasteiger partial charge in [-0.05, 0) is 55.1 Å². The van der Waals surface area contributed by atoms with Gasteiger partial charge in [0.15, 0.2) is 10.8 Å². The Kier molecular flexibility index (Phi) is 4.86. The van der Waals surface area contributed by atoms with Gasteiger partial charge in [-0.3, -0.25) is 9.36 Å². The summed E-state index contributed by atoms with van der Waals surface area (Å²) < 4.78 is 28.9. The van der Waals surface area contributed by atoms with Crippen LogP contribution in [0.2, 0.25) is 0 Å². The SMILES string of the molecule is C=CCn1c(Sc2ccc3nnc(C(F)F)n3n2)nc2sc3c(c2c1=O)CCCC3. The van der Waals surface area contributed by atoms with Gasteiger partial charge in [0.2, 0.25) is 5.82 Å². The Morgan fingerprint density at radius 3 is 2.90 bits per heavy atom. The largest absolute Gasteiger partial charge is 0.299 e. The third-order valence-corrected chi connectivity index (χ3v) is 7.11. The number of hydrogen-bond donors (Lipinski definition) is 0. The molecule has 0 aromatic carbocycles. The second-order valence-electron chi connectivity index (χ2n) is 6.89. The van der Waals surface area contributed by atoms with Crippen molar-refractivity contribution in [2.24, 2.45) is 0 Å². The second kappa shape index (κ2) is 7.55. The summed E-state index contributed by atoms with van der Waals surface area (Å²) in [4.78, 5) is 20.0. The van der Waals surface area contributed by atoms with Crippen molar-refractivity contribution in [1.82, 2.24) is 29.4 Å². The maximum absolute atomic E-state index is 13.3. The number of aromatic nitrogens is 6. The van der Waals surface area contributed by atoms with Crippen LogP contribution in [0.4, 0.5) is 8.78 Å². The van der Waals surface area contributed by atoms with Crippen LogP contribution in [0.1, 0.15) is 35.5 Å². The van der Waals surface area contributed by atoms with Crippen molar-refractivity contribution in [2.45, 2.75) is 48.8 Å². The van der Waals surface area contributed by atoms with Gasteiger partial charge in [0.05, 0.1) is 5.39 Å². The van der Waals surface area contributed by atoms with Crippen molar-refractivity contribution in [3.8, 4) is 0 Å². The van der Waals surface area contributed by atoms with Crippen LogP contribution in [0.5, 0.6) is 0 Å². The summed E-state index contributed by atoms with van der Waals surface area (Å²) in [5.41, 5.74) is 1.26. The molecule has 5 rings (SSSR count). The fraction of sp³-hybridized carbons (Fsp3) is 0.316. The van der Waals surface area contributed by atoms with E-state index >= 15 is 0 Å². The van der Waals surface area contributed by atoms with Crippen LogP contribution in [-0.4, -0.2) is 29.4 Å². The zero-order valence-electron chi connectivity index (χ0n) is 15.7. The molecule has 7 nitrogen and oxygen atoms in total. The molecule has 4 heterocycles. The molecule has 0 bridgehead atoms. The quantitative estimate of drug-likeness (QED) is 0.340. The van der Waals surface area contributed by atoms with Crippen LogP contribution >= 0.6 is 23.1 Å². The van der Waals surface area contributed by atoms with E-state index in [4.69, 9.17) is 4.98 Å². The lowest BCUT2D eigenvalue weighted by Gasteiger charge is -2.12. The van der Waals surface area contributed by atoms with E-state index in [1.807, 2.05) is 0 Å². The molecule has 0 unspecified atom stereocenters. The molecular weight excluding hydrogens is 430 g/mol. The Labute approximate surface area is 177 Å². The van der Waals surface area contributed by atoms with E-state index in [1.165, 1.54) is 4.88 Å².